The van der Waals surface area contributed by atoms with Crippen LogP contribution in [0.15, 0.2) is 30.5 Å². The molecule has 0 radical (unpaired) electrons. The predicted octanol–water partition coefficient (Wildman–Crippen LogP) is 2.91. The normalized spacial score (nSPS) is 23.0. The van der Waals surface area contributed by atoms with Gasteiger partial charge in [-0.05, 0) is 50.1 Å². The standard InChI is InChI=1S/C20H25N3O/c1-4-23(5-2)20(24)14-9-16-15-7-6-8-17-19(15)13(11-21-17)10-18(16)22(3)12-14/h6-9,11,14,18,21H,4-5,10,12H2,1-3H3/t14-,18?/m0/s1. The number of aromatic nitrogens is 1. The Hall–Kier alpha value is -2.07. The molecule has 1 unspecified atom stereocenters. The van der Waals surface area contributed by atoms with Crippen LogP contribution in [-0.2, 0) is 11.2 Å². The number of carbonyl (C=O) groups is 1. The number of nitrogens with one attached hydrogen (secondary N) is 1. The molecule has 4 heteroatoms. The van der Waals surface area contributed by atoms with Crippen molar-refractivity contribution in [1.82, 2.24) is 14.8 Å². The highest BCUT2D eigenvalue weighted by Crippen LogP contribution is 2.40. The van der Waals surface area contributed by atoms with Crippen molar-refractivity contribution in [3.05, 3.63) is 41.6 Å². The molecule has 1 aliphatic carbocycles. The molecule has 0 saturated heterocycles. The number of hydrogen-bond donors (Lipinski definition) is 1. The number of carbonyl (C=O) groups excluding carboxylic acids is 1. The Morgan fingerprint density at radius 2 is 2.12 bits per heavy atom. The van der Waals surface area contributed by atoms with Crippen LogP contribution in [0.3, 0.4) is 0 Å². The van der Waals surface area contributed by atoms with E-state index in [1.54, 1.807) is 0 Å². The Bertz CT molecular complexity index is 815. The lowest BCUT2D eigenvalue weighted by Crippen LogP contribution is -2.47. The van der Waals surface area contributed by atoms with E-state index in [4.69, 9.17) is 0 Å². The molecule has 1 N–H and O–H groups in total. The summed E-state index contributed by atoms with van der Waals surface area (Å²) in [5, 5.41) is 1.34. The second-order valence-corrected chi connectivity index (χ2v) is 6.94. The van der Waals surface area contributed by atoms with Crippen molar-refractivity contribution in [3.8, 4) is 0 Å². The van der Waals surface area contributed by atoms with Crippen LogP contribution in [-0.4, -0.2) is 53.4 Å². The van der Waals surface area contributed by atoms with E-state index in [1.807, 2.05) is 4.90 Å². The molecule has 2 heterocycles. The number of nitrogens with zero attached hydrogens (tertiary/aromatic N) is 2. The summed E-state index contributed by atoms with van der Waals surface area (Å²) in [5.74, 6) is 0.210. The molecular weight excluding hydrogens is 298 g/mol. The van der Waals surface area contributed by atoms with Gasteiger partial charge in [0.25, 0.3) is 0 Å². The lowest BCUT2D eigenvalue weighted by molar-refractivity contribution is -0.134. The first-order valence-electron chi connectivity index (χ1n) is 8.94. The first kappa shape index (κ1) is 15.5. The minimum atomic E-state index is -0.0445. The molecule has 4 rings (SSSR count). The third-order valence-electron chi connectivity index (χ3n) is 5.66. The van der Waals surface area contributed by atoms with E-state index >= 15 is 0 Å². The third-order valence-corrected chi connectivity index (χ3v) is 5.66. The van der Waals surface area contributed by atoms with E-state index in [2.05, 4.69) is 61.3 Å². The topological polar surface area (TPSA) is 39.3 Å². The van der Waals surface area contributed by atoms with Gasteiger partial charge in [-0.1, -0.05) is 18.2 Å². The summed E-state index contributed by atoms with van der Waals surface area (Å²) >= 11 is 0. The van der Waals surface area contributed by atoms with Gasteiger partial charge in [0.15, 0.2) is 0 Å². The summed E-state index contributed by atoms with van der Waals surface area (Å²) in [7, 11) is 2.15. The number of hydrogen-bond acceptors (Lipinski definition) is 2. The van der Waals surface area contributed by atoms with E-state index in [-0.39, 0.29) is 11.8 Å². The first-order chi connectivity index (χ1) is 11.6. The molecule has 126 valence electrons. The molecule has 2 aromatic rings. The van der Waals surface area contributed by atoms with Crippen molar-refractivity contribution < 1.29 is 4.79 Å². The maximum Gasteiger partial charge on any atom is 0.230 e. The zero-order valence-corrected chi connectivity index (χ0v) is 14.7. The van der Waals surface area contributed by atoms with Gasteiger partial charge in [0.2, 0.25) is 5.91 Å². The van der Waals surface area contributed by atoms with E-state index < -0.39 is 0 Å². The Labute approximate surface area is 143 Å². The number of fused-ring (bicyclic) bond motifs is 2. The summed E-state index contributed by atoms with van der Waals surface area (Å²) in [6, 6.07) is 6.82. The third kappa shape index (κ3) is 2.20. The quantitative estimate of drug-likeness (QED) is 0.943. The summed E-state index contributed by atoms with van der Waals surface area (Å²) in [6.07, 6.45) is 5.41. The van der Waals surface area contributed by atoms with Crippen molar-refractivity contribution in [2.45, 2.75) is 26.3 Å². The number of benzene rings is 1. The zero-order valence-electron chi connectivity index (χ0n) is 14.7. The Morgan fingerprint density at radius 3 is 2.88 bits per heavy atom. The average molecular weight is 323 g/mol. The largest absolute Gasteiger partial charge is 0.361 e. The van der Waals surface area contributed by atoms with Crippen molar-refractivity contribution in [2.75, 3.05) is 26.7 Å². The Balaban J connectivity index is 1.80. The maximum absolute atomic E-state index is 12.9. The Morgan fingerprint density at radius 1 is 1.33 bits per heavy atom. The fraction of sp³-hybridized carbons (Fsp3) is 0.450. The SMILES string of the molecule is CCN(CC)C(=O)[C@H]1C=C2c3cccc4[nH]cc(c34)CC2N(C)C1. The molecule has 2 atom stereocenters. The van der Waals surface area contributed by atoms with Gasteiger partial charge in [-0.3, -0.25) is 9.69 Å². The summed E-state index contributed by atoms with van der Waals surface area (Å²) in [4.78, 5) is 20.6. The van der Waals surface area contributed by atoms with Crippen LogP contribution in [0.2, 0.25) is 0 Å². The molecule has 4 nitrogen and oxygen atoms in total. The van der Waals surface area contributed by atoms with Gasteiger partial charge in [-0.15, -0.1) is 0 Å². The van der Waals surface area contributed by atoms with Crippen LogP contribution in [0.4, 0.5) is 0 Å². The lowest BCUT2D eigenvalue weighted by Gasteiger charge is -2.40. The van der Waals surface area contributed by atoms with E-state index in [9.17, 15) is 4.79 Å². The van der Waals surface area contributed by atoms with Crippen molar-refractivity contribution in [1.29, 1.82) is 0 Å². The molecule has 2 aliphatic rings. The number of aromatic amines is 1. The van der Waals surface area contributed by atoms with Gasteiger partial charge < -0.3 is 9.88 Å². The van der Waals surface area contributed by atoms with E-state index in [0.717, 1.165) is 26.1 Å². The summed E-state index contributed by atoms with van der Waals surface area (Å²) < 4.78 is 0. The van der Waals surface area contributed by atoms with E-state index in [1.165, 1.54) is 27.6 Å². The van der Waals surface area contributed by atoms with Crippen LogP contribution in [0, 0.1) is 5.92 Å². The minimum absolute atomic E-state index is 0.0445. The van der Waals surface area contributed by atoms with Crippen molar-refractivity contribution in [2.24, 2.45) is 5.92 Å². The highest BCUT2D eigenvalue weighted by Gasteiger charge is 2.36. The van der Waals surface area contributed by atoms with Gasteiger partial charge in [0, 0.05) is 42.8 Å². The van der Waals surface area contributed by atoms with Gasteiger partial charge in [0.05, 0.1) is 5.92 Å². The fourth-order valence-electron chi connectivity index (χ4n) is 4.38. The van der Waals surface area contributed by atoms with Crippen LogP contribution < -0.4 is 0 Å². The second kappa shape index (κ2) is 5.78. The molecule has 24 heavy (non-hydrogen) atoms. The smallest absolute Gasteiger partial charge is 0.230 e. The van der Waals surface area contributed by atoms with Crippen molar-refractivity contribution >= 4 is 22.4 Å². The number of H-pyrrole nitrogens is 1. The van der Waals surface area contributed by atoms with Gasteiger partial charge >= 0.3 is 0 Å². The highest BCUT2D eigenvalue weighted by atomic mass is 16.2. The van der Waals surface area contributed by atoms with Crippen LogP contribution >= 0.6 is 0 Å². The lowest BCUT2D eigenvalue weighted by atomic mass is 9.79. The van der Waals surface area contributed by atoms with Gasteiger partial charge in [0.1, 0.15) is 0 Å². The number of rotatable bonds is 3. The monoisotopic (exact) mass is 323 g/mol. The average Bonchev–Trinajstić information content (AvgIpc) is 3.01. The minimum Gasteiger partial charge on any atom is -0.361 e. The zero-order chi connectivity index (χ0) is 16.8. The predicted molar refractivity (Wildman–Crippen MR) is 97.8 cm³/mol. The van der Waals surface area contributed by atoms with Gasteiger partial charge in [-0.2, -0.15) is 0 Å². The fourth-order valence-corrected chi connectivity index (χ4v) is 4.38. The maximum atomic E-state index is 12.9. The van der Waals surface area contributed by atoms with Crippen molar-refractivity contribution in [3.63, 3.8) is 0 Å². The first-order valence-corrected chi connectivity index (χ1v) is 8.94. The molecule has 0 bridgehead atoms. The van der Waals surface area contributed by atoms with E-state index in [0.29, 0.717) is 6.04 Å². The highest BCUT2D eigenvalue weighted by molar-refractivity contribution is 5.99. The summed E-state index contributed by atoms with van der Waals surface area (Å²) in [5.41, 5.74) is 5.21. The molecule has 0 spiro atoms. The molecule has 0 saturated carbocycles. The molecule has 1 aromatic carbocycles. The number of amides is 1. The molecule has 0 fully saturated rings. The summed E-state index contributed by atoms with van der Waals surface area (Å²) in [6.45, 7) is 6.47. The van der Waals surface area contributed by atoms with Gasteiger partial charge in [-0.25, -0.2) is 0 Å². The second-order valence-electron chi connectivity index (χ2n) is 6.94. The van der Waals surface area contributed by atoms with Crippen LogP contribution in [0.1, 0.15) is 25.0 Å². The molecule has 1 aromatic heterocycles. The molecule has 1 aliphatic heterocycles. The van der Waals surface area contributed by atoms with Crippen LogP contribution in [0.25, 0.3) is 16.5 Å². The van der Waals surface area contributed by atoms with Crippen LogP contribution in [0.5, 0.6) is 0 Å². The Kier molecular flexibility index (Phi) is 3.72. The number of likely N-dealkylation sites (N-methyl/N-ethyl adjacent to an activating group) is 1. The molecular formula is C20H25N3O. The molecule has 1 amide bonds.